The van der Waals surface area contributed by atoms with Crippen LogP contribution in [0.3, 0.4) is 0 Å². The summed E-state index contributed by atoms with van der Waals surface area (Å²) in [7, 11) is 0. The Balaban J connectivity index is 1.67. The number of rotatable bonds is 6. The van der Waals surface area contributed by atoms with Crippen molar-refractivity contribution in [2.24, 2.45) is 0 Å². The lowest BCUT2D eigenvalue weighted by Gasteiger charge is -2.32. The maximum Gasteiger partial charge on any atom is 0.257 e. The van der Waals surface area contributed by atoms with Crippen molar-refractivity contribution in [3.63, 3.8) is 0 Å². The average Bonchev–Trinajstić information content (AvgIpc) is 3.19. The van der Waals surface area contributed by atoms with E-state index in [0.29, 0.717) is 30.9 Å². The summed E-state index contributed by atoms with van der Waals surface area (Å²) < 4.78 is 5.76. The summed E-state index contributed by atoms with van der Waals surface area (Å²) in [5.74, 6) is 1.23. The molecule has 0 radical (unpaired) electrons. The predicted molar refractivity (Wildman–Crippen MR) is 82.0 cm³/mol. The SMILES string of the molecule is OCCN(Cc1nnc(-c2cccs2)o1)C1CCCCC1. The molecular weight excluding hydrogens is 286 g/mol. The number of aromatic nitrogens is 2. The van der Waals surface area contributed by atoms with Crippen LogP contribution in [0.1, 0.15) is 38.0 Å². The molecule has 1 fully saturated rings. The van der Waals surface area contributed by atoms with E-state index in [-0.39, 0.29) is 6.61 Å². The Morgan fingerprint density at radius 1 is 1.29 bits per heavy atom. The van der Waals surface area contributed by atoms with E-state index in [1.807, 2.05) is 17.5 Å². The molecule has 0 bridgehead atoms. The minimum atomic E-state index is 0.169. The summed E-state index contributed by atoms with van der Waals surface area (Å²) in [6.45, 7) is 1.47. The molecule has 6 heteroatoms. The summed E-state index contributed by atoms with van der Waals surface area (Å²) in [5.41, 5.74) is 0. The van der Waals surface area contributed by atoms with Crippen molar-refractivity contribution < 1.29 is 9.52 Å². The quantitative estimate of drug-likeness (QED) is 0.889. The third kappa shape index (κ3) is 3.70. The Hall–Kier alpha value is -1.24. The molecule has 0 amide bonds. The van der Waals surface area contributed by atoms with Gasteiger partial charge in [-0.05, 0) is 24.3 Å². The molecule has 2 aromatic heterocycles. The Bertz CT molecular complexity index is 535. The van der Waals surface area contributed by atoms with Crippen LogP contribution >= 0.6 is 11.3 Å². The van der Waals surface area contributed by atoms with Crippen molar-refractivity contribution in [2.45, 2.75) is 44.7 Å². The smallest absolute Gasteiger partial charge is 0.257 e. The zero-order valence-corrected chi connectivity index (χ0v) is 12.9. The zero-order valence-electron chi connectivity index (χ0n) is 12.1. The largest absolute Gasteiger partial charge is 0.419 e. The lowest BCUT2D eigenvalue weighted by molar-refractivity contribution is 0.108. The fourth-order valence-corrected chi connectivity index (χ4v) is 3.60. The number of nitrogens with zero attached hydrogens (tertiary/aromatic N) is 3. The first-order chi connectivity index (χ1) is 10.4. The first-order valence-corrected chi connectivity index (χ1v) is 8.46. The van der Waals surface area contributed by atoms with Crippen molar-refractivity contribution in [3.05, 3.63) is 23.4 Å². The standard InChI is InChI=1S/C15H21N3O2S/c19-9-8-18(12-5-2-1-3-6-12)11-14-16-17-15(20-14)13-7-4-10-21-13/h4,7,10,12,19H,1-3,5-6,8-9,11H2. The molecular formula is C15H21N3O2S. The second-order valence-electron chi connectivity index (χ2n) is 5.46. The van der Waals surface area contributed by atoms with Crippen LogP contribution in [0, 0.1) is 0 Å². The van der Waals surface area contributed by atoms with E-state index >= 15 is 0 Å². The van der Waals surface area contributed by atoms with Crippen molar-refractivity contribution in [2.75, 3.05) is 13.2 Å². The van der Waals surface area contributed by atoms with Gasteiger partial charge >= 0.3 is 0 Å². The van der Waals surface area contributed by atoms with Crippen LogP contribution < -0.4 is 0 Å². The lowest BCUT2D eigenvalue weighted by Crippen LogP contribution is -2.38. The average molecular weight is 307 g/mol. The van der Waals surface area contributed by atoms with Crippen LogP contribution in [0.4, 0.5) is 0 Å². The van der Waals surface area contributed by atoms with Gasteiger partial charge in [0.2, 0.25) is 5.89 Å². The highest BCUT2D eigenvalue weighted by atomic mass is 32.1. The van der Waals surface area contributed by atoms with E-state index in [1.165, 1.54) is 32.1 Å². The van der Waals surface area contributed by atoms with Gasteiger partial charge < -0.3 is 9.52 Å². The van der Waals surface area contributed by atoms with Crippen molar-refractivity contribution >= 4 is 11.3 Å². The number of hydrogen-bond acceptors (Lipinski definition) is 6. The molecule has 114 valence electrons. The van der Waals surface area contributed by atoms with E-state index in [4.69, 9.17) is 4.42 Å². The van der Waals surface area contributed by atoms with Gasteiger partial charge in [-0.25, -0.2) is 0 Å². The van der Waals surface area contributed by atoms with E-state index in [9.17, 15) is 5.11 Å². The molecule has 0 atom stereocenters. The van der Waals surface area contributed by atoms with Crippen LogP contribution in [-0.2, 0) is 6.54 Å². The van der Waals surface area contributed by atoms with Gasteiger partial charge in [0.1, 0.15) is 0 Å². The Kier molecular flexibility index (Phi) is 5.00. The highest BCUT2D eigenvalue weighted by Gasteiger charge is 2.22. The highest BCUT2D eigenvalue weighted by Crippen LogP contribution is 2.26. The molecule has 0 aromatic carbocycles. The topological polar surface area (TPSA) is 62.4 Å². The van der Waals surface area contributed by atoms with Crippen LogP contribution in [0.15, 0.2) is 21.9 Å². The fraction of sp³-hybridized carbons (Fsp3) is 0.600. The minimum absolute atomic E-state index is 0.169. The molecule has 2 aromatic rings. The van der Waals surface area contributed by atoms with Crippen LogP contribution in [0.5, 0.6) is 0 Å². The highest BCUT2D eigenvalue weighted by molar-refractivity contribution is 7.13. The number of aliphatic hydroxyl groups excluding tert-OH is 1. The third-order valence-corrected chi connectivity index (χ3v) is 4.87. The van der Waals surface area contributed by atoms with Crippen LogP contribution in [0.25, 0.3) is 10.8 Å². The zero-order chi connectivity index (χ0) is 14.5. The van der Waals surface area contributed by atoms with Gasteiger partial charge in [0.25, 0.3) is 5.89 Å². The van der Waals surface area contributed by atoms with Crippen molar-refractivity contribution in [3.8, 4) is 10.8 Å². The fourth-order valence-electron chi connectivity index (χ4n) is 2.96. The third-order valence-electron chi connectivity index (χ3n) is 4.02. The molecule has 1 aliphatic rings. The molecule has 2 heterocycles. The second kappa shape index (κ2) is 7.15. The van der Waals surface area contributed by atoms with Gasteiger partial charge in [-0.2, -0.15) is 0 Å². The van der Waals surface area contributed by atoms with Gasteiger partial charge in [-0.1, -0.05) is 25.3 Å². The minimum Gasteiger partial charge on any atom is -0.419 e. The molecule has 1 saturated carbocycles. The Morgan fingerprint density at radius 2 is 2.14 bits per heavy atom. The first kappa shape index (κ1) is 14.7. The van der Waals surface area contributed by atoms with E-state index < -0.39 is 0 Å². The summed E-state index contributed by atoms with van der Waals surface area (Å²) in [4.78, 5) is 3.28. The molecule has 3 rings (SSSR count). The van der Waals surface area contributed by atoms with E-state index in [2.05, 4.69) is 15.1 Å². The van der Waals surface area contributed by atoms with Crippen molar-refractivity contribution in [1.29, 1.82) is 0 Å². The van der Waals surface area contributed by atoms with E-state index in [1.54, 1.807) is 11.3 Å². The monoisotopic (exact) mass is 307 g/mol. The Labute approximate surface area is 128 Å². The molecule has 0 saturated heterocycles. The van der Waals surface area contributed by atoms with E-state index in [0.717, 1.165) is 4.88 Å². The van der Waals surface area contributed by atoms with Crippen LogP contribution in [0.2, 0.25) is 0 Å². The predicted octanol–water partition coefficient (Wildman–Crippen LogP) is 2.93. The van der Waals surface area contributed by atoms with Gasteiger partial charge in [-0.15, -0.1) is 21.5 Å². The van der Waals surface area contributed by atoms with Gasteiger partial charge in [0.05, 0.1) is 18.0 Å². The van der Waals surface area contributed by atoms with Crippen molar-refractivity contribution in [1.82, 2.24) is 15.1 Å². The molecule has 0 spiro atoms. The lowest BCUT2D eigenvalue weighted by atomic mass is 9.94. The summed E-state index contributed by atoms with van der Waals surface area (Å²) in [5, 5.41) is 19.6. The summed E-state index contributed by atoms with van der Waals surface area (Å²) in [6, 6.07) is 4.49. The normalized spacial score (nSPS) is 16.7. The molecule has 1 aliphatic carbocycles. The molecule has 1 N–H and O–H groups in total. The summed E-state index contributed by atoms with van der Waals surface area (Å²) >= 11 is 1.60. The molecule has 5 nitrogen and oxygen atoms in total. The van der Waals surface area contributed by atoms with Gasteiger partial charge in [0.15, 0.2) is 0 Å². The maximum atomic E-state index is 9.29. The maximum absolute atomic E-state index is 9.29. The number of aliphatic hydroxyl groups is 1. The Morgan fingerprint density at radius 3 is 2.86 bits per heavy atom. The number of hydrogen-bond donors (Lipinski definition) is 1. The van der Waals surface area contributed by atoms with Gasteiger partial charge in [0, 0.05) is 12.6 Å². The second-order valence-corrected chi connectivity index (χ2v) is 6.41. The summed E-state index contributed by atoms with van der Waals surface area (Å²) in [6.07, 6.45) is 6.28. The van der Waals surface area contributed by atoms with Gasteiger partial charge in [-0.3, -0.25) is 4.90 Å². The molecule has 0 unspecified atom stereocenters. The van der Waals surface area contributed by atoms with Crippen LogP contribution in [-0.4, -0.2) is 39.4 Å². The first-order valence-electron chi connectivity index (χ1n) is 7.58. The molecule has 21 heavy (non-hydrogen) atoms. The molecule has 0 aliphatic heterocycles. The number of thiophene rings is 1.